The number of methoxy groups -OCH3 is 1. The summed E-state index contributed by atoms with van der Waals surface area (Å²) in [5.74, 6) is 2.44. The number of ether oxygens (including phenoxy) is 1. The van der Waals surface area contributed by atoms with Crippen LogP contribution in [0.2, 0.25) is 0 Å². The zero-order valence-electron chi connectivity index (χ0n) is 9.68. The Labute approximate surface area is 102 Å². The molecule has 0 aliphatic carbocycles. The van der Waals surface area contributed by atoms with Crippen LogP contribution in [0.5, 0.6) is 5.88 Å². The third-order valence-electron chi connectivity index (χ3n) is 2.77. The first-order chi connectivity index (χ1) is 8.20. The van der Waals surface area contributed by atoms with Crippen molar-refractivity contribution in [3.63, 3.8) is 0 Å². The summed E-state index contributed by atoms with van der Waals surface area (Å²) in [6.45, 7) is 0. The summed E-state index contributed by atoms with van der Waals surface area (Å²) in [6.07, 6.45) is 3.16. The van der Waals surface area contributed by atoms with E-state index in [2.05, 4.69) is 15.3 Å². The molecule has 3 N–H and O–H groups in total. The van der Waals surface area contributed by atoms with E-state index in [1.165, 1.54) is 13.4 Å². The number of hydrogen-bond acceptors (Lipinski definition) is 6. The van der Waals surface area contributed by atoms with Crippen molar-refractivity contribution < 1.29 is 8.95 Å². The fraction of sp³-hybridized carbons (Fsp3) is 0.600. The summed E-state index contributed by atoms with van der Waals surface area (Å²) in [6, 6.07) is 0.273. The molecule has 0 saturated carbocycles. The lowest BCUT2D eigenvalue weighted by atomic mass is 10.1. The highest BCUT2D eigenvalue weighted by Gasteiger charge is 2.19. The van der Waals surface area contributed by atoms with Crippen LogP contribution < -0.4 is 15.8 Å². The highest BCUT2D eigenvalue weighted by atomic mass is 32.2. The molecule has 0 aromatic carbocycles. The molecule has 1 aromatic heterocycles. The van der Waals surface area contributed by atoms with Crippen LogP contribution in [0, 0.1) is 0 Å². The molecular weight excluding hydrogens is 240 g/mol. The summed E-state index contributed by atoms with van der Waals surface area (Å²) in [7, 11) is 0.861. The molecule has 17 heavy (non-hydrogen) atoms. The molecule has 0 unspecified atom stereocenters. The van der Waals surface area contributed by atoms with Gasteiger partial charge in [-0.25, -0.2) is 4.98 Å². The molecule has 1 aliphatic heterocycles. The van der Waals surface area contributed by atoms with Crippen LogP contribution in [0.1, 0.15) is 12.8 Å². The quantitative estimate of drug-likeness (QED) is 0.813. The average molecular weight is 256 g/mol. The van der Waals surface area contributed by atoms with Crippen LogP contribution in [0.4, 0.5) is 11.5 Å². The van der Waals surface area contributed by atoms with E-state index >= 15 is 0 Å². The highest BCUT2D eigenvalue weighted by molar-refractivity contribution is 7.85. The topological polar surface area (TPSA) is 90.1 Å². The van der Waals surface area contributed by atoms with Gasteiger partial charge in [0, 0.05) is 28.3 Å². The van der Waals surface area contributed by atoms with E-state index in [-0.39, 0.29) is 6.04 Å². The molecule has 0 bridgehead atoms. The smallest absolute Gasteiger partial charge is 0.242 e. The van der Waals surface area contributed by atoms with E-state index in [0.717, 1.165) is 24.3 Å². The van der Waals surface area contributed by atoms with Gasteiger partial charge in [0.2, 0.25) is 5.88 Å². The Hall–Kier alpha value is -1.37. The van der Waals surface area contributed by atoms with Crippen molar-refractivity contribution in [2.24, 2.45) is 0 Å². The number of aromatic nitrogens is 2. The molecule has 1 aromatic rings. The van der Waals surface area contributed by atoms with Crippen LogP contribution in [0.3, 0.4) is 0 Å². The van der Waals surface area contributed by atoms with Gasteiger partial charge in [-0.15, -0.1) is 0 Å². The molecule has 7 heteroatoms. The largest absolute Gasteiger partial charge is 0.479 e. The normalized spacial score (nSPS) is 24.3. The number of nitrogens with zero attached hydrogens (tertiary/aromatic N) is 2. The third kappa shape index (κ3) is 2.85. The number of nitrogens with one attached hydrogen (secondary N) is 1. The fourth-order valence-electron chi connectivity index (χ4n) is 1.79. The maximum absolute atomic E-state index is 11.2. The Morgan fingerprint density at radius 3 is 2.82 bits per heavy atom. The maximum atomic E-state index is 11.2. The van der Waals surface area contributed by atoms with Crippen LogP contribution in [0.15, 0.2) is 6.33 Å². The lowest BCUT2D eigenvalue weighted by Crippen LogP contribution is -2.30. The van der Waals surface area contributed by atoms with E-state index < -0.39 is 10.8 Å². The first-order valence-electron chi connectivity index (χ1n) is 5.46. The maximum Gasteiger partial charge on any atom is 0.242 e. The van der Waals surface area contributed by atoms with Crippen LogP contribution in [0.25, 0.3) is 0 Å². The van der Waals surface area contributed by atoms with E-state index in [0.29, 0.717) is 17.4 Å². The second-order valence-electron chi connectivity index (χ2n) is 3.91. The fourth-order valence-corrected chi connectivity index (χ4v) is 3.09. The number of rotatable bonds is 3. The number of hydrogen-bond donors (Lipinski definition) is 2. The first kappa shape index (κ1) is 12.1. The summed E-state index contributed by atoms with van der Waals surface area (Å²) in [4.78, 5) is 8.01. The SMILES string of the molecule is COc1ncnc(NC2CCS(=O)CC2)c1N. The van der Waals surface area contributed by atoms with E-state index in [9.17, 15) is 4.21 Å². The molecule has 1 aliphatic rings. The zero-order chi connectivity index (χ0) is 12.3. The highest BCUT2D eigenvalue weighted by Crippen LogP contribution is 2.26. The second-order valence-corrected chi connectivity index (χ2v) is 5.61. The molecule has 1 fully saturated rings. The Balaban J connectivity index is 2.06. The Morgan fingerprint density at radius 2 is 2.18 bits per heavy atom. The first-order valence-corrected chi connectivity index (χ1v) is 6.95. The average Bonchev–Trinajstić information content (AvgIpc) is 2.35. The van der Waals surface area contributed by atoms with Crippen molar-refractivity contribution >= 4 is 22.3 Å². The van der Waals surface area contributed by atoms with Crippen LogP contribution in [-0.2, 0) is 10.8 Å². The molecule has 6 nitrogen and oxygen atoms in total. The standard InChI is InChI=1S/C10H16N4O2S/c1-16-10-8(11)9(12-6-13-10)14-7-2-4-17(15)5-3-7/h6-7H,2-5,11H2,1H3,(H,12,13,14). The van der Waals surface area contributed by atoms with E-state index in [4.69, 9.17) is 10.5 Å². The third-order valence-corrected chi connectivity index (χ3v) is 4.15. The Morgan fingerprint density at radius 1 is 1.47 bits per heavy atom. The molecule has 0 amide bonds. The Bertz CT molecular complexity index is 417. The van der Waals surface area contributed by atoms with Crippen molar-refractivity contribution in [1.82, 2.24) is 9.97 Å². The summed E-state index contributed by atoms with van der Waals surface area (Å²) in [5.41, 5.74) is 6.28. The number of nitrogens with two attached hydrogens (primary N) is 1. The molecule has 2 heterocycles. The van der Waals surface area contributed by atoms with Crippen LogP contribution in [-0.4, -0.2) is 38.8 Å². The van der Waals surface area contributed by atoms with Gasteiger partial charge in [0.05, 0.1) is 7.11 Å². The van der Waals surface area contributed by atoms with E-state index in [1.807, 2.05) is 0 Å². The zero-order valence-corrected chi connectivity index (χ0v) is 10.5. The lowest BCUT2D eigenvalue weighted by molar-refractivity contribution is 0.399. The van der Waals surface area contributed by atoms with Crippen LogP contribution >= 0.6 is 0 Å². The van der Waals surface area contributed by atoms with Gasteiger partial charge in [0.1, 0.15) is 12.0 Å². The van der Waals surface area contributed by atoms with Gasteiger partial charge in [-0.05, 0) is 12.8 Å². The van der Waals surface area contributed by atoms with Gasteiger partial charge >= 0.3 is 0 Å². The summed E-state index contributed by atoms with van der Waals surface area (Å²) >= 11 is 0. The van der Waals surface area contributed by atoms with Crippen molar-refractivity contribution in [3.8, 4) is 5.88 Å². The van der Waals surface area contributed by atoms with Gasteiger partial charge in [0.25, 0.3) is 0 Å². The Kier molecular flexibility index (Phi) is 3.78. The lowest BCUT2D eigenvalue weighted by Gasteiger charge is -2.23. The van der Waals surface area contributed by atoms with Crippen molar-refractivity contribution in [1.29, 1.82) is 0 Å². The van der Waals surface area contributed by atoms with Crippen molar-refractivity contribution in [3.05, 3.63) is 6.33 Å². The minimum Gasteiger partial charge on any atom is -0.479 e. The van der Waals surface area contributed by atoms with Gasteiger partial charge in [-0.1, -0.05) is 0 Å². The minimum atomic E-state index is -0.659. The molecular formula is C10H16N4O2S. The summed E-state index contributed by atoms with van der Waals surface area (Å²) < 4.78 is 16.3. The van der Waals surface area contributed by atoms with E-state index in [1.54, 1.807) is 0 Å². The molecule has 1 saturated heterocycles. The molecule has 0 atom stereocenters. The van der Waals surface area contributed by atoms with Gasteiger partial charge in [0.15, 0.2) is 5.82 Å². The second kappa shape index (κ2) is 5.31. The van der Waals surface area contributed by atoms with Gasteiger partial charge in [-0.3, -0.25) is 4.21 Å². The summed E-state index contributed by atoms with van der Waals surface area (Å²) in [5, 5.41) is 3.25. The van der Waals surface area contributed by atoms with Crippen molar-refractivity contribution in [2.45, 2.75) is 18.9 Å². The minimum absolute atomic E-state index is 0.273. The van der Waals surface area contributed by atoms with Gasteiger partial charge in [-0.2, -0.15) is 4.98 Å². The van der Waals surface area contributed by atoms with Crippen molar-refractivity contribution in [2.75, 3.05) is 29.7 Å². The predicted octanol–water partition coefficient (Wildman–Crippen LogP) is 0.390. The molecule has 0 spiro atoms. The number of nitrogen functional groups attached to an aromatic ring is 1. The predicted molar refractivity (Wildman–Crippen MR) is 67.5 cm³/mol. The monoisotopic (exact) mass is 256 g/mol. The number of anilines is 2. The molecule has 94 valence electrons. The molecule has 0 radical (unpaired) electrons. The van der Waals surface area contributed by atoms with Gasteiger partial charge < -0.3 is 15.8 Å². The molecule has 2 rings (SSSR count).